The second-order valence-corrected chi connectivity index (χ2v) is 6.50. The number of nitrogens with zero attached hydrogens (tertiary/aromatic N) is 1. The van der Waals surface area contributed by atoms with E-state index >= 15 is 0 Å². The van der Waals surface area contributed by atoms with Crippen LogP contribution in [0.4, 0.5) is 10.5 Å². The van der Waals surface area contributed by atoms with Gasteiger partial charge >= 0.3 is 6.03 Å². The standard InChI is InChI=1S/C17H27N3O/c1-17(2,13-18)14-7-9-15(10-8-14)19-16(21)20-11-5-3-4-6-12-20/h7-10H,3-6,11-13,18H2,1-2H3,(H,19,21). The molecule has 1 aliphatic heterocycles. The molecule has 0 aromatic heterocycles. The van der Waals surface area contributed by atoms with Crippen LogP contribution in [0.1, 0.15) is 45.1 Å². The summed E-state index contributed by atoms with van der Waals surface area (Å²) in [4.78, 5) is 14.2. The molecule has 21 heavy (non-hydrogen) atoms. The van der Waals surface area contributed by atoms with Gasteiger partial charge in [-0.3, -0.25) is 0 Å². The van der Waals surface area contributed by atoms with Gasteiger partial charge in [0.15, 0.2) is 0 Å². The number of likely N-dealkylation sites (tertiary alicyclic amines) is 1. The van der Waals surface area contributed by atoms with Gasteiger partial charge in [0.05, 0.1) is 0 Å². The van der Waals surface area contributed by atoms with E-state index in [1.54, 1.807) is 0 Å². The Morgan fingerprint density at radius 1 is 1.14 bits per heavy atom. The molecule has 0 unspecified atom stereocenters. The third kappa shape index (κ3) is 4.21. The quantitative estimate of drug-likeness (QED) is 0.896. The fraction of sp³-hybridized carbons (Fsp3) is 0.588. The minimum atomic E-state index is -0.0344. The molecule has 1 fully saturated rings. The Morgan fingerprint density at radius 2 is 1.71 bits per heavy atom. The number of hydrogen-bond donors (Lipinski definition) is 2. The first-order chi connectivity index (χ1) is 10.0. The van der Waals surface area contributed by atoms with Crippen molar-refractivity contribution >= 4 is 11.7 Å². The highest BCUT2D eigenvalue weighted by Crippen LogP contribution is 2.23. The van der Waals surface area contributed by atoms with Gasteiger partial charge in [-0.15, -0.1) is 0 Å². The second kappa shape index (κ2) is 6.94. The van der Waals surface area contributed by atoms with Crippen molar-refractivity contribution in [1.82, 2.24) is 4.90 Å². The maximum Gasteiger partial charge on any atom is 0.321 e. The van der Waals surface area contributed by atoms with Crippen LogP contribution in [0.15, 0.2) is 24.3 Å². The van der Waals surface area contributed by atoms with E-state index in [2.05, 4.69) is 19.2 Å². The summed E-state index contributed by atoms with van der Waals surface area (Å²) in [5.41, 5.74) is 7.80. The topological polar surface area (TPSA) is 58.4 Å². The molecule has 2 amide bonds. The molecule has 1 aromatic rings. The summed E-state index contributed by atoms with van der Waals surface area (Å²) in [6.45, 7) is 6.58. The number of anilines is 1. The molecule has 4 nitrogen and oxygen atoms in total. The van der Waals surface area contributed by atoms with Gasteiger partial charge in [0.25, 0.3) is 0 Å². The van der Waals surface area contributed by atoms with Crippen molar-refractivity contribution in [2.24, 2.45) is 5.73 Å². The molecular weight excluding hydrogens is 262 g/mol. The molecule has 1 saturated heterocycles. The molecule has 1 heterocycles. The highest BCUT2D eigenvalue weighted by atomic mass is 16.2. The Bertz CT molecular complexity index is 459. The summed E-state index contributed by atoms with van der Waals surface area (Å²) in [5, 5.41) is 2.99. The molecule has 0 saturated carbocycles. The number of carbonyl (C=O) groups is 1. The summed E-state index contributed by atoms with van der Waals surface area (Å²) in [5.74, 6) is 0. The molecule has 1 aliphatic rings. The zero-order valence-corrected chi connectivity index (χ0v) is 13.2. The van der Waals surface area contributed by atoms with Gasteiger partial charge < -0.3 is 16.0 Å². The lowest BCUT2D eigenvalue weighted by atomic mass is 9.85. The zero-order chi connectivity index (χ0) is 15.3. The van der Waals surface area contributed by atoms with Gasteiger partial charge in [-0.05, 0) is 30.5 Å². The number of amides is 2. The van der Waals surface area contributed by atoms with E-state index in [-0.39, 0.29) is 11.4 Å². The first kappa shape index (κ1) is 15.8. The molecule has 4 heteroatoms. The van der Waals surface area contributed by atoms with Crippen LogP contribution in [0.25, 0.3) is 0 Å². The summed E-state index contributed by atoms with van der Waals surface area (Å²) in [7, 11) is 0. The fourth-order valence-corrected chi connectivity index (χ4v) is 2.60. The average molecular weight is 289 g/mol. The summed E-state index contributed by atoms with van der Waals surface area (Å²) >= 11 is 0. The third-order valence-corrected chi connectivity index (χ3v) is 4.32. The van der Waals surface area contributed by atoms with Crippen LogP contribution >= 0.6 is 0 Å². The molecule has 3 N–H and O–H groups in total. The largest absolute Gasteiger partial charge is 0.330 e. The SMILES string of the molecule is CC(C)(CN)c1ccc(NC(=O)N2CCCCCC2)cc1. The number of hydrogen-bond acceptors (Lipinski definition) is 2. The second-order valence-electron chi connectivity index (χ2n) is 6.50. The first-order valence-electron chi connectivity index (χ1n) is 7.89. The maximum absolute atomic E-state index is 12.3. The Kier molecular flexibility index (Phi) is 5.23. The number of rotatable bonds is 3. The van der Waals surface area contributed by atoms with Crippen molar-refractivity contribution in [3.05, 3.63) is 29.8 Å². The van der Waals surface area contributed by atoms with E-state index in [0.717, 1.165) is 31.6 Å². The van der Waals surface area contributed by atoms with Crippen molar-refractivity contribution in [2.45, 2.75) is 44.9 Å². The first-order valence-corrected chi connectivity index (χ1v) is 7.89. The van der Waals surface area contributed by atoms with Crippen LogP contribution in [-0.2, 0) is 5.41 Å². The van der Waals surface area contributed by atoms with Gasteiger partial charge in [0.1, 0.15) is 0 Å². The predicted molar refractivity (Wildman–Crippen MR) is 87.6 cm³/mol. The van der Waals surface area contributed by atoms with Gasteiger partial charge in [-0.1, -0.05) is 38.8 Å². The van der Waals surface area contributed by atoms with Crippen LogP contribution in [0.2, 0.25) is 0 Å². The predicted octanol–water partition coefficient (Wildman–Crippen LogP) is 3.33. The highest BCUT2D eigenvalue weighted by Gasteiger charge is 2.19. The van der Waals surface area contributed by atoms with Crippen LogP contribution in [0.3, 0.4) is 0 Å². The molecule has 0 aliphatic carbocycles. The maximum atomic E-state index is 12.3. The Balaban J connectivity index is 1.98. The van der Waals surface area contributed by atoms with Crippen molar-refractivity contribution in [3.8, 4) is 0 Å². The van der Waals surface area contributed by atoms with Crippen molar-refractivity contribution < 1.29 is 4.79 Å². The van der Waals surface area contributed by atoms with E-state index in [9.17, 15) is 4.79 Å². The summed E-state index contributed by atoms with van der Waals surface area (Å²) in [6, 6.07) is 8.03. The van der Waals surface area contributed by atoms with Crippen molar-refractivity contribution in [1.29, 1.82) is 0 Å². The lowest BCUT2D eigenvalue weighted by Crippen LogP contribution is -2.35. The lowest BCUT2D eigenvalue weighted by Gasteiger charge is -2.24. The van der Waals surface area contributed by atoms with Crippen LogP contribution in [0, 0.1) is 0 Å². The van der Waals surface area contributed by atoms with E-state index in [1.807, 2.05) is 29.2 Å². The van der Waals surface area contributed by atoms with E-state index in [4.69, 9.17) is 5.73 Å². The number of carbonyl (C=O) groups excluding carboxylic acids is 1. The number of nitrogens with one attached hydrogen (secondary N) is 1. The van der Waals surface area contributed by atoms with Crippen LogP contribution in [0.5, 0.6) is 0 Å². The highest BCUT2D eigenvalue weighted by molar-refractivity contribution is 5.89. The normalized spacial score (nSPS) is 16.4. The third-order valence-electron chi connectivity index (χ3n) is 4.32. The number of urea groups is 1. The van der Waals surface area contributed by atoms with E-state index < -0.39 is 0 Å². The number of benzene rings is 1. The molecule has 0 atom stereocenters. The molecule has 1 aromatic carbocycles. The average Bonchev–Trinajstić information content (AvgIpc) is 2.77. The minimum Gasteiger partial charge on any atom is -0.330 e. The van der Waals surface area contributed by atoms with Gasteiger partial charge in [-0.25, -0.2) is 4.79 Å². The van der Waals surface area contributed by atoms with E-state index in [1.165, 1.54) is 18.4 Å². The fourth-order valence-electron chi connectivity index (χ4n) is 2.60. The molecule has 0 radical (unpaired) electrons. The molecular formula is C17H27N3O. The monoisotopic (exact) mass is 289 g/mol. The Morgan fingerprint density at radius 3 is 2.24 bits per heavy atom. The Hall–Kier alpha value is -1.55. The van der Waals surface area contributed by atoms with Gasteiger partial charge in [-0.2, -0.15) is 0 Å². The minimum absolute atomic E-state index is 0.0164. The van der Waals surface area contributed by atoms with Gasteiger partial charge in [0.2, 0.25) is 0 Å². The summed E-state index contributed by atoms with van der Waals surface area (Å²) in [6.07, 6.45) is 4.67. The number of nitrogens with two attached hydrogens (primary N) is 1. The lowest BCUT2D eigenvalue weighted by molar-refractivity contribution is 0.214. The molecule has 2 rings (SSSR count). The molecule has 0 bridgehead atoms. The zero-order valence-electron chi connectivity index (χ0n) is 13.2. The Labute approximate surface area is 127 Å². The van der Waals surface area contributed by atoms with Crippen molar-refractivity contribution in [2.75, 3.05) is 25.0 Å². The van der Waals surface area contributed by atoms with E-state index in [0.29, 0.717) is 6.54 Å². The van der Waals surface area contributed by atoms with Crippen LogP contribution < -0.4 is 11.1 Å². The molecule has 0 spiro atoms. The van der Waals surface area contributed by atoms with Crippen molar-refractivity contribution in [3.63, 3.8) is 0 Å². The van der Waals surface area contributed by atoms with Gasteiger partial charge in [0, 0.05) is 30.7 Å². The summed E-state index contributed by atoms with van der Waals surface area (Å²) < 4.78 is 0. The molecule has 116 valence electrons. The smallest absolute Gasteiger partial charge is 0.321 e. The van der Waals surface area contributed by atoms with Crippen LogP contribution in [-0.4, -0.2) is 30.6 Å².